The second kappa shape index (κ2) is 4.81. The van der Waals surface area contributed by atoms with Gasteiger partial charge in [0.15, 0.2) is 0 Å². The molecule has 0 aromatic heterocycles. The molecule has 0 fully saturated rings. The molecule has 0 unspecified atom stereocenters. The normalized spacial score (nSPS) is 16.1. The van der Waals surface area contributed by atoms with Crippen molar-refractivity contribution in [2.45, 2.75) is 6.42 Å². The Balaban J connectivity index is 1.76. The molecule has 21 heavy (non-hydrogen) atoms. The summed E-state index contributed by atoms with van der Waals surface area (Å²) in [5, 5.41) is 6.19. The van der Waals surface area contributed by atoms with E-state index in [1.807, 2.05) is 18.2 Å². The first-order chi connectivity index (χ1) is 10.3. The largest absolute Gasteiger partial charge is 0.491 e. The van der Waals surface area contributed by atoms with Gasteiger partial charge in [0.1, 0.15) is 12.4 Å². The van der Waals surface area contributed by atoms with Gasteiger partial charge >= 0.3 is 0 Å². The lowest BCUT2D eigenvalue weighted by Crippen LogP contribution is -2.24. The number of amides is 1. The van der Waals surface area contributed by atoms with Gasteiger partial charge in [0.05, 0.1) is 12.1 Å². The van der Waals surface area contributed by atoms with Gasteiger partial charge < -0.3 is 15.4 Å². The monoisotopic (exact) mass is 280 g/mol. The quantitative estimate of drug-likeness (QED) is 0.843. The molecular weight excluding hydrogens is 264 g/mol. The third-order valence-corrected chi connectivity index (χ3v) is 4.02. The lowest BCUT2D eigenvalue weighted by Gasteiger charge is -2.10. The molecule has 2 N–H and O–H groups in total. The van der Waals surface area contributed by atoms with Crippen LogP contribution in [0.1, 0.15) is 15.9 Å². The number of anilines is 1. The lowest BCUT2D eigenvalue weighted by atomic mass is 10.00. The summed E-state index contributed by atoms with van der Waals surface area (Å²) in [6, 6.07) is 12.2. The molecule has 0 atom stereocenters. The Hall–Kier alpha value is -2.49. The molecule has 2 heterocycles. The molecule has 0 saturated carbocycles. The average Bonchev–Trinajstić information content (AvgIpc) is 2.90. The zero-order valence-electron chi connectivity index (χ0n) is 11.6. The van der Waals surface area contributed by atoms with Gasteiger partial charge in [-0.2, -0.15) is 0 Å². The summed E-state index contributed by atoms with van der Waals surface area (Å²) in [4.78, 5) is 11.9. The third kappa shape index (κ3) is 2.13. The van der Waals surface area contributed by atoms with Crippen LogP contribution < -0.4 is 15.4 Å². The predicted octanol–water partition coefficient (Wildman–Crippen LogP) is 2.44. The SMILES string of the molecule is O=C1NCCOc2cc(-c3ccc4c(c3)CCN4)ccc21. The van der Waals surface area contributed by atoms with E-state index in [2.05, 4.69) is 28.8 Å². The van der Waals surface area contributed by atoms with Gasteiger partial charge in [-0.25, -0.2) is 0 Å². The van der Waals surface area contributed by atoms with Crippen LogP contribution in [0.4, 0.5) is 5.69 Å². The number of hydrogen-bond donors (Lipinski definition) is 2. The van der Waals surface area contributed by atoms with Crippen molar-refractivity contribution in [2.24, 2.45) is 0 Å². The molecule has 4 nitrogen and oxygen atoms in total. The van der Waals surface area contributed by atoms with E-state index >= 15 is 0 Å². The zero-order valence-corrected chi connectivity index (χ0v) is 11.6. The highest BCUT2D eigenvalue weighted by Gasteiger charge is 2.17. The van der Waals surface area contributed by atoms with Crippen molar-refractivity contribution in [3.05, 3.63) is 47.5 Å². The van der Waals surface area contributed by atoms with Crippen LogP contribution in [0.3, 0.4) is 0 Å². The van der Waals surface area contributed by atoms with Crippen LogP contribution in [0, 0.1) is 0 Å². The Morgan fingerprint density at radius 1 is 0.952 bits per heavy atom. The maximum atomic E-state index is 11.9. The molecule has 0 bridgehead atoms. The summed E-state index contributed by atoms with van der Waals surface area (Å²) in [5.74, 6) is 0.605. The van der Waals surface area contributed by atoms with E-state index in [1.54, 1.807) is 0 Å². The van der Waals surface area contributed by atoms with Crippen molar-refractivity contribution in [2.75, 3.05) is 25.0 Å². The minimum absolute atomic E-state index is 0.0628. The maximum Gasteiger partial charge on any atom is 0.255 e. The highest BCUT2D eigenvalue weighted by Crippen LogP contribution is 2.32. The smallest absolute Gasteiger partial charge is 0.255 e. The molecule has 4 rings (SSSR count). The van der Waals surface area contributed by atoms with E-state index in [4.69, 9.17) is 4.74 Å². The maximum absolute atomic E-state index is 11.9. The fourth-order valence-electron chi connectivity index (χ4n) is 2.91. The van der Waals surface area contributed by atoms with E-state index in [-0.39, 0.29) is 5.91 Å². The highest BCUT2D eigenvalue weighted by molar-refractivity contribution is 5.98. The molecule has 0 aliphatic carbocycles. The van der Waals surface area contributed by atoms with Gasteiger partial charge in [0.2, 0.25) is 0 Å². The van der Waals surface area contributed by atoms with Crippen LogP contribution >= 0.6 is 0 Å². The van der Waals surface area contributed by atoms with Crippen molar-refractivity contribution in [1.29, 1.82) is 0 Å². The molecule has 0 radical (unpaired) electrons. The van der Waals surface area contributed by atoms with E-state index in [0.717, 1.165) is 24.1 Å². The highest BCUT2D eigenvalue weighted by atomic mass is 16.5. The summed E-state index contributed by atoms with van der Waals surface area (Å²) in [5.41, 5.74) is 5.43. The molecular formula is C17H16N2O2. The van der Waals surface area contributed by atoms with Crippen molar-refractivity contribution >= 4 is 11.6 Å². The number of benzene rings is 2. The first-order valence-electron chi connectivity index (χ1n) is 7.23. The van der Waals surface area contributed by atoms with Gasteiger partial charge in [-0.05, 0) is 47.4 Å². The second-order valence-corrected chi connectivity index (χ2v) is 5.36. The lowest BCUT2D eigenvalue weighted by molar-refractivity contribution is 0.0957. The summed E-state index contributed by atoms with van der Waals surface area (Å²) < 4.78 is 5.68. The number of hydrogen-bond acceptors (Lipinski definition) is 3. The molecule has 106 valence electrons. The van der Waals surface area contributed by atoms with Crippen LogP contribution in [0.2, 0.25) is 0 Å². The summed E-state index contributed by atoms with van der Waals surface area (Å²) in [6.07, 6.45) is 1.06. The Morgan fingerprint density at radius 2 is 1.81 bits per heavy atom. The minimum Gasteiger partial charge on any atom is -0.491 e. The topological polar surface area (TPSA) is 50.4 Å². The van der Waals surface area contributed by atoms with Crippen LogP contribution in [-0.2, 0) is 6.42 Å². The van der Waals surface area contributed by atoms with Crippen molar-refractivity contribution in [1.82, 2.24) is 5.32 Å². The number of fused-ring (bicyclic) bond motifs is 2. The van der Waals surface area contributed by atoms with Crippen LogP contribution in [0.15, 0.2) is 36.4 Å². The molecule has 2 aliphatic heterocycles. The van der Waals surface area contributed by atoms with Crippen LogP contribution in [-0.4, -0.2) is 25.6 Å². The van der Waals surface area contributed by atoms with E-state index in [9.17, 15) is 4.79 Å². The van der Waals surface area contributed by atoms with Gasteiger partial charge in [-0.1, -0.05) is 12.1 Å². The number of carbonyl (C=O) groups is 1. The summed E-state index contributed by atoms with van der Waals surface area (Å²) in [7, 11) is 0. The van der Waals surface area contributed by atoms with Crippen molar-refractivity contribution < 1.29 is 9.53 Å². The van der Waals surface area contributed by atoms with E-state index in [0.29, 0.717) is 24.5 Å². The molecule has 2 aliphatic rings. The second-order valence-electron chi connectivity index (χ2n) is 5.36. The summed E-state index contributed by atoms with van der Waals surface area (Å²) in [6.45, 7) is 2.07. The average molecular weight is 280 g/mol. The van der Waals surface area contributed by atoms with Gasteiger partial charge in [0.25, 0.3) is 5.91 Å². The van der Waals surface area contributed by atoms with Crippen molar-refractivity contribution in [3.8, 4) is 16.9 Å². The van der Waals surface area contributed by atoms with Gasteiger partial charge in [-0.3, -0.25) is 4.79 Å². The number of rotatable bonds is 1. The molecule has 1 amide bonds. The molecule has 0 saturated heterocycles. The fourth-order valence-corrected chi connectivity index (χ4v) is 2.91. The first kappa shape index (κ1) is 12.3. The summed E-state index contributed by atoms with van der Waals surface area (Å²) >= 11 is 0. The Morgan fingerprint density at radius 3 is 2.76 bits per heavy atom. The third-order valence-electron chi connectivity index (χ3n) is 4.02. The van der Waals surface area contributed by atoms with Gasteiger partial charge in [-0.15, -0.1) is 0 Å². The van der Waals surface area contributed by atoms with Crippen molar-refractivity contribution in [3.63, 3.8) is 0 Å². The van der Waals surface area contributed by atoms with E-state index < -0.39 is 0 Å². The Kier molecular flexibility index (Phi) is 2.81. The van der Waals surface area contributed by atoms with Gasteiger partial charge in [0, 0.05) is 12.2 Å². The van der Waals surface area contributed by atoms with Crippen LogP contribution in [0.5, 0.6) is 5.75 Å². The fraction of sp³-hybridized carbons (Fsp3) is 0.235. The van der Waals surface area contributed by atoms with Crippen LogP contribution in [0.25, 0.3) is 11.1 Å². The number of nitrogens with one attached hydrogen (secondary N) is 2. The number of carbonyl (C=O) groups excluding carboxylic acids is 1. The molecule has 2 aromatic carbocycles. The minimum atomic E-state index is -0.0628. The Labute approximate surface area is 123 Å². The zero-order chi connectivity index (χ0) is 14.2. The molecule has 4 heteroatoms. The predicted molar refractivity (Wildman–Crippen MR) is 81.9 cm³/mol. The first-order valence-corrected chi connectivity index (χ1v) is 7.23. The van der Waals surface area contributed by atoms with E-state index in [1.165, 1.54) is 11.3 Å². The standard InChI is InChI=1S/C17H16N2O2/c20-17-14-3-1-12(10-16(14)21-8-7-19-17)11-2-4-15-13(9-11)5-6-18-15/h1-4,9-10,18H,5-8H2,(H,19,20). The number of ether oxygens (including phenoxy) is 1. The molecule has 0 spiro atoms. The Bertz CT molecular complexity index is 725. The molecule has 2 aromatic rings.